The highest BCUT2D eigenvalue weighted by Crippen LogP contribution is 2.42. The summed E-state index contributed by atoms with van der Waals surface area (Å²) in [6.07, 6.45) is 3.26. The van der Waals surface area contributed by atoms with E-state index in [1.807, 2.05) is 30.3 Å². The van der Waals surface area contributed by atoms with Gasteiger partial charge in [-0.1, -0.05) is 12.1 Å². The van der Waals surface area contributed by atoms with E-state index in [1.54, 1.807) is 14.2 Å². The molecule has 5 N–H and O–H groups in total. The minimum absolute atomic E-state index is 0.0795. The topological polar surface area (TPSA) is 212 Å². The molecule has 0 unspecified atom stereocenters. The number of carboxylic acids is 4. The van der Waals surface area contributed by atoms with E-state index in [9.17, 15) is 24.0 Å². The number of carbonyl (C=O) groups is 5. The molecule has 1 fully saturated rings. The van der Waals surface area contributed by atoms with Crippen molar-refractivity contribution in [2.24, 2.45) is 4.99 Å². The number of hydrogen-bond acceptors (Lipinski definition) is 9. The van der Waals surface area contributed by atoms with Gasteiger partial charge in [-0.3, -0.25) is 9.79 Å². The number of likely N-dealkylation sites (tertiary alicyclic amines) is 1. The number of nitrogens with one attached hydrogen (secondary N) is 1. The molecule has 2 aliphatic rings. The van der Waals surface area contributed by atoms with E-state index in [4.69, 9.17) is 34.9 Å². The van der Waals surface area contributed by atoms with Crippen molar-refractivity contribution in [1.29, 1.82) is 0 Å². The number of carbonyl (C=O) groups excluding carboxylic acids is 1. The number of aliphatic imine (C=N–C) groups is 1. The van der Waals surface area contributed by atoms with Crippen molar-refractivity contribution >= 4 is 41.2 Å². The van der Waals surface area contributed by atoms with Crippen LogP contribution in [0.3, 0.4) is 0 Å². The number of fused-ring (bicyclic) bond motifs is 3. The number of benzene rings is 2. The van der Waals surface area contributed by atoms with Gasteiger partial charge in [0, 0.05) is 60.5 Å². The second-order valence-corrected chi connectivity index (χ2v) is 9.78. The van der Waals surface area contributed by atoms with Gasteiger partial charge in [-0.2, -0.15) is 0 Å². The molecule has 2 aliphatic heterocycles. The van der Waals surface area contributed by atoms with Crippen LogP contribution in [0.15, 0.2) is 65.7 Å². The number of amides is 1. The molecule has 14 nitrogen and oxygen atoms in total. The van der Waals surface area contributed by atoms with E-state index >= 15 is 0 Å². The Morgan fingerprint density at radius 2 is 1.33 bits per heavy atom. The first-order chi connectivity index (χ1) is 21.2. The van der Waals surface area contributed by atoms with E-state index in [-0.39, 0.29) is 11.9 Å². The third kappa shape index (κ3) is 11.3. The fraction of sp³-hybridized carbons (Fsp3) is 0.290. The zero-order chi connectivity index (χ0) is 33.7. The standard InChI is InChI=1S/C23H27N3O3.2C4H4O4/c1-14(27)24-16-7-5-15(6-8-16)23-18-12-22(29-4)21(28-3)11-17(18)19-13-26(2)10-9-20(19)25-23;2*5-3(6)1-2-4(7)8/h5-8,11-12,19-20H,9-10,13H2,1-4H3,(H,24,27);2*1-2H,(H,5,6)(H,7,8)/b;2*2-1+/t19-,20-;;/m1../s1. The number of carboxylic acid groups (broad SMARTS) is 4. The smallest absolute Gasteiger partial charge is 0.328 e. The Kier molecular flexibility index (Phi) is 13.5. The van der Waals surface area contributed by atoms with E-state index < -0.39 is 23.9 Å². The number of likely N-dealkylation sites (N-methyl/N-ethyl adjacent to an activating group) is 1. The summed E-state index contributed by atoms with van der Waals surface area (Å²) in [6, 6.07) is 12.3. The maximum Gasteiger partial charge on any atom is 0.328 e. The van der Waals surface area contributed by atoms with Gasteiger partial charge >= 0.3 is 23.9 Å². The Morgan fingerprint density at radius 1 is 0.844 bits per heavy atom. The highest BCUT2D eigenvalue weighted by Gasteiger charge is 2.36. The zero-order valence-electron chi connectivity index (χ0n) is 25.1. The molecule has 0 bridgehead atoms. The van der Waals surface area contributed by atoms with E-state index in [1.165, 1.54) is 12.5 Å². The molecule has 240 valence electrons. The lowest BCUT2D eigenvalue weighted by molar-refractivity contribution is -0.134. The third-order valence-corrected chi connectivity index (χ3v) is 6.50. The van der Waals surface area contributed by atoms with E-state index in [0.29, 0.717) is 36.0 Å². The van der Waals surface area contributed by atoms with Gasteiger partial charge in [0.1, 0.15) is 0 Å². The fourth-order valence-corrected chi connectivity index (χ4v) is 4.63. The summed E-state index contributed by atoms with van der Waals surface area (Å²) in [7, 11) is 5.49. The molecule has 2 atom stereocenters. The van der Waals surface area contributed by atoms with Crippen LogP contribution in [0.1, 0.15) is 36.0 Å². The van der Waals surface area contributed by atoms with Crippen LogP contribution in [0.25, 0.3) is 0 Å². The minimum Gasteiger partial charge on any atom is -0.493 e. The lowest BCUT2D eigenvalue weighted by Crippen LogP contribution is -2.41. The minimum atomic E-state index is -1.26. The molecule has 0 aromatic heterocycles. The van der Waals surface area contributed by atoms with Crippen LogP contribution in [-0.2, 0) is 24.0 Å². The number of ether oxygens (including phenoxy) is 2. The summed E-state index contributed by atoms with van der Waals surface area (Å²) in [5.41, 5.74) is 5.13. The number of hydrogen-bond donors (Lipinski definition) is 5. The van der Waals surface area contributed by atoms with Crippen LogP contribution in [-0.4, -0.2) is 101 Å². The Labute approximate surface area is 258 Å². The van der Waals surface area contributed by atoms with Crippen molar-refractivity contribution in [3.05, 3.63) is 77.4 Å². The largest absolute Gasteiger partial charge is 0.493 e. The van der Waals surface area contributed by atoms with Gasteiger partial charge in [-0.05, 0) is 49.8 Å². The number of nitrogens with zero attached hydrogens (tertiary/aromatic N) is 2. The Morgan fingerprint density at radius 3 is 1.78 bits per heavy atom. The Balaban J connectivity index is 0.000000365. The highest BCUT2D eigenvalue weighted by atomic mass is 16.5. The van der Waals surface area contributed by atoms with Crippen molar-refractivity contribution in [2.45, 2.75) is 25.3 Å². The summed E-state index contributed by atoms with van der Waals surface area (Å²) < 4.78 is 11.2. The monoisotopic (exact) mass is 625 g/mol. The van der Waals surface area contributed by atoms with Gasteiger partial charge in [-0.15, -0.1) is 0 Å². The van der Waals surface area contributed by atoms with Gasteiger partial charge in [0.2, 0.25) is 5.91 Å². The normalized spacial score (nSPS) is 16.8. The van der Waals surface area contributed by atoms with Crippen LogP contribution in [0.5, 0.6) is 11.5 Å². The molecule has 1 amide bonds. The molecule has 0 aliphatic carbocycles. The molecule has 2 aromatic carbocycles. The van der Waals surface area contributed by atoms with Crippen molar-refractivity contribution in [3.63, 3.8) is 0 Å². The average molecular weight is 626 g/mol. The SMILES string of the molecule is COc1cc2c(cc1OC)[C@H]1CN(C)CC[C@H]1N=C2c1ccc(NC(C)=O)cc1.O=C(O)/C=C/C(=O)O.O=C(O)/C=C/C(=O)O. The first-order valence-electron chi connectivity index (χ1n) is 13.4. The van der Waals surface area contributed by atoms with Crippen molar-refractivity contribution in [3.8, 4) is 11.5 Å². The van der Waals surface area contributed by atoms with Gasteiger partial charge in [0.25, 0.3) is 0 Å². The average Bonchev–Trinajstić information content (AvgIpc) is 2.98. The van der Waals surface area contributed by atoms with Gasteiger partial charge < -0.3 is 40.1 Å². The molecule has 4 rings (SSSR count). The van der Waals surface area contributed by atoms with E-state index in [2.05, 4.69) is 23.3 Å². The van der Waals surface area contributed by atoms with Crippen LogP contribution in [0.4, 0.5) is 5.69 Å². The predicted octanol–water partition coefficient (Wildman–Crippen LogP) is 2.72. The van der Waals surface area contributed by atoms with Gasteiger partial charge in [0.15, 0.2) is 11.5 Å². The molecular weight excluding hydrogens is 590 g/mol. The fourth-order valence-electron chi connectivity index (χ4n) is 4.63. The second-order valence-electron chi connectivity index (χ2n) is 9.78. The highest BCUT2D eigenvalue weighted by molar-refractivity contribution is 6.15. The zero-order valence-corrected chi connectivity index (χ0v) is 25.1. The van der Waals surface area contributed by atoms with Crippen LogP contribution in [0.2, 0.25) is 0 Å². The Bertz CT molecular complexity index is 1430. The molecule has 14 heteroatoms. The molecule has 1 saturated heterocycles. The summed E-state index contributed by atoms with van der Waals surface area (Å²) in [4.78, 5) is 57.1. The number of rotatable bonds is 8. The van der Waals surface area contributed by atoms with Crippen LogP contribution in [0, 0.1) is 0 Å². The third-order valence-electron chi connectivity index (χ3n) is 6.50. The maximum absolute atomic E-state index is 11.3. The summed E-state index contributed by atoms with van der Waals surface area (Å²) >= 11 is 0. The molecule has 0 saturated carbocycles. The second kappa shape index (κ2) is 17.0. The molecule has 45 heavy (non-hydrogen) atoms. The molecule has 2 heterocycles. The quantitative estimate of drug-likeness (QED) is 0.268. The molecular formula is C31H35N3O11. The van der Waals surface area contributed by atoms with Gasteiger partial charge in [0.05, 0.1) is 26.0 Å². The predicted molar refractivity (Wildman–Crippen MR) is 163 cm³/mol. The molecule has 2 aromatic rings. The lowest BCUT2D eigenvalue weighted by Gasteiger charge is -2.39. The van der Waals surface area contributed by atoms with Gasteiger partial charge in [-0.25, -0.2) is 19.2 Å². The van der Waals surface area contributed by atoms with E-state index in [0.717, 1.165) is 47.8 Å². The van der Waals surface area contributed by atoms with Crippen LogP contribution >= 0.6 is 0 Å². The maximum atomic E-state index is 11.3. The lowest BCUT2D eigenvalue weighted by atomic mass is 9.79. The van der Waals surface area contributed by atoms with Crippen LogP contribution < -0.4 is 14.8 Å². The van der Waals surface area contributed by atoms with Crippen molar-refractivity contribution in [2.75, 3.05) is 39.7 Å². The number of aliphatic carboxylic acids is 4. The first-order valence-corrected chi connectivity index (χ1v) is 13.4. The first kappa shape index (κ1) is 35.7. The summed E-state index contributed by atoms with van der Waals surface area (Å²) in [5.74, 6) is -3.31. The summed E-state index contributed by atoms with van der Waals surface area (Å²) in [5, 5.41) is 34.1. The molecule has 0 radical (unpaired) electrons. The van der Waals surface area contributed by atoms with Crippen molar-refractivity contribution < 1.29 is 53.9 Å². The Hall–Kier alpha value is -5.50. The summed E-state index contributed by atoms with van der Waals surface area (Å²) in [6.45, 7) is 3.53. The van der Waals surface area contributed by atoms with Crippen molar-refractivity contribution in [1.82, 2.24) is 4.90 Å². The number of anilines is 1. The number of piperidine rings is 1. The molecule has 0 spiro atoms. The number of methoxy groups -OCH3 is 2.